The third-order valence-electron chi connectivity index (χ3n) is 5.42. The highest BCUT2D eigenvalue weighted by atomic mass is 32.1. The summed E-state index contributed by atoms with van der Waals surface area (Å²) in [6, 6.07) is 11.7. The molecule has 10 heteroatoms. The van der Waals surface area contributed by atoms with E-state index in [-0.39, 0.29) is 22.4 Å². The van der Waals surface area contributed by atoms with Crippen molar-refractivity contribution in [2.75, 3.05) is 4.90 Å². The zero-order valence-electron chi connectivity index (χ0n) is 17.7. The average molecular weight is 462 g/mol. The summed E-state index contributed by atoms with van der Waals surface area (Å²) in [4.78, 5) is 39.3. The summed E-state index contributed by atoms with van der Waals surface area (Å²) in [6.07, 6.45) is 0.690. The Balaban J connectivity index is 1.75. The van der Waals surface area contributed by atoms with Gasteiger partial charge in [-0.15, -0.1) is 10.2 Å². The van der Waals surface area contributed by atoms with E-state index in [0.29, 0.717) is 34.0 Å². The number of para-hydroxylation sites is 1. The molecular formula is C23H18N4O5S. The molecule has 1 aliphatic rings. The minimum absolute atomic E-state index is 0.0872. The molecule has 4 aromatic rings. The maximum atomic E-state index is 13.5. The molecule has 0 aliphatic carbocycles. The number of nitro groups is 1. The van der Waals surface area contributed by atoms with Crippen molar-refractivity contribution in [3.63, 3.8) is 0 Å². The molecule has 0 radical (unpaired) electrons. The lowest BCUT2D eigenvalue weighted by Crippen LogP contribution is -2.29. The lowest BCUT2D eigenvalue weighted by Gasteiger charge is -2.21. The normalized spacial score (nSPS) is 15.4. The predicted molar refractivity (Wildman–Crippen MR) is 123 cm³/mol. The molecule has 0 spiro atoms. The molecule has 0 saturated heterocycles. The number of non-ortho nitro benzene ring substituents is 1. The summed E-state index contributed by atoms with van der Waals surface area (Å²) in [6.45, 7) is 4.11. The van der Waals surface area contributed by atoms with Gasteiger partial charge in [0.2, 0.25) is 10.9 Å². The molecule has 0 saturated carbocycles. The first-order chi connectivity index (χ1) is 15.8. The quantitative estimate of drug-likeness (QED) is 0.316. The van der Waals surface area contributed by atoms with E-state index in [1.54, 1.807) is 30.3 Å². The summed E-state index contributed by atoms with van der Waals surface area (Å²) in [5, 5.41) is 21.2. The molecule has 2 aromatic heterocycles. The Morgan fingerprint density at radius 2 is 1.94 bits per heavy atom. The smallest absolute Gasteiger partial charge is 0.297 e. The van der Waals surface area contributed by atoms with E-state index >= 15 is 0 Å². The minimum atomic E-state index is -0.923. The maximum Gasteiger partial charge on any atom is 0.297 e. The van der Waals surface area contributed by atoms with E-state index in [9.17, 15) is 19.7 Å². The lowest BCUT2D eigenvalue weighted by atomic mass is 9.98. The van der Waals surface area contributed by atoms with Crippen LogP contribution in [-0.4, -0.2) is 21.0 Å². The first-order valence-corrected chi connectivity index (χ1v) is 11.1. The third kappa shape index (κ3) is 3.48. The fraction of sp³-hybridized carbons (Fsp3) is 0.217. The van der Waals surface area contributed by atoms with E-state index in [2.05, 4.69) is 24.0 Å². The van der Waals surface area contributed by atoms with Gasteiger partial charge in [-0.05, 0) is 23.6 Å². The molecule has 0 unspecified atom stereocenters. The molecule has 1 amide bonds. The number of carbonyl (C=O) groups excluding carboxylic acids is 1. The van der Waals surface area contributed by atoms with Gasteiger partial charge in [0.15, 0.2) is 5.43 Å². The highest BCUT2D eigenvalue weighted by Crippen LogP contribution is 2.42. The largest absolute Gasteiger partial charge is 0.450 e. The highest BCUT2D eigenvalue weighted by molar-refractivity contribution is 7.15. The van der Waals surface area contributed by atoms with Crippen molar-refractivity contribution in [1.29, 1.82) is 0 Å². The van der Waals surface area contributed by atoms with Crippen molar-refractivity contribution in [3.05, 3.63) is 90.8 Å². The first-order valence-electron chi connectivity index (χ1n) is 10.3. The zero-order valence-corrected chi connectivity index (χ0v) is 18.5. The van der Waals surface area contributed by atoms with Gasteiger partial charge in [-0.25, -0.2) is 0 Å². The molecule has 33 heavy (non-hydrogen) atoms. The van der Waals surface area contributed by atoms with Gasteiger partial charge in [-0.2, -0.15) is 0 Å². The van der Waals surface area contributed by atoms with Crippen LogP contribution in [0.3, 0.4) is 0 Å². The Kier molecular flexibility index (Phi) is 5.01. The van der Waals surface area contributed by atoms with E-state index in [0.717, 1.165) is 5.01 Å². The van der Waals surface area contributed by atoms with Crippen LogP contribution >= 0.6 is 11.3 Å². The molecule has 2 aromatic carbocycles. The van der Waals surface area contributed by atoms with Crippen LogP contribution in [0.5, 0.6) is 0 Å². The number of benzene rings is 2. The van der Waals surface area contributed by atoms with Crippen molar-refractivity contribution < 1.29 is 14.1 Å². The minimum Gasteiger partial charge on any atom is -0.450 e. The van der Waals surface area contributed by atoms with E-state index in [1.165, 1.54) is 34.4 Å². The second kappa shape index (κ2) is 7.89. The summed E-state index contributed by atoms with van der Waals surface area (Å²) in [5.74, 6) is -0.272. The van der Waals surface area contributed by atoms with Crippen LogP contribution in [0, 0.1) is 16.0 Å². The summed E-state index contributed by atoms with van der Waals surface area (Å²) in [5.41, 5.74) is 0.355. The molecule has 9 nitrogen and oxygen atoms in total. The van der Waals surface area contributed by atoms with Crippen molar-refractivity contribution in [2.24, 2.45) is 5.92 Å². The van der Waals surface area contributed by atoms with Crippen LogP contribution in [0.2, 0.25) is 0 Å². The standard InChI is InChI=1S/C23H18N4O5S/c1-12(2)10-17-24-25-23(33-17)26-19(13-6-5-7-14(11-13)27(30)31)18-20(28)15-8-3-4-9-16(15)32-21(18)22(26)29/h3-9,11-12,19H,10H2,1-2H3/t19-/m0/s1. The van der Waals surface area contributed by atoms with Crippen LogP contribution < -0.4 is 10.3 Å². The lowest BCUT2D eigenvalue weighted by molar-refractivity contribution is -0.384. The number of hydrogen-bond donors (Lipinski definition) is 0. The zero-order chi connectivity index (χ0) is 23.3. The predicted octanol–water partition coefficient (Wildman–Crippen LogP) is 4.50. The number of rotatable bonds is 5. The number of fused-ring (bicyclic) bond motifs is 2. The van der Waals surface area contributed by atoms with Crippen LogP contribution in [-0.2, 0) is 6.42 Å². The number of aromatic nitrogens is 2. The summed E-state index contributed by atoms with van der Waals surface area (Å²) >= 11 is 1.26. The Bertz CT molecular complexity index is 1480. The van der Waals surface area contributed by atoms with Crippen LogP contribution in [0.1, 0.15) is 46.6 Å². The van der Waals surface area contributed by atoms with E-state index in [1.807, 2.05) is 0 Å². The summed E-state index contributed by atoms with van der Waals surface area (Å²) in [7, 11) is 0. The van der Waals surface area contributed by atoms with E-state index in [4.69, 9.17) is 4.42 Å². The average Bonchev–Trinajstić information content (AvgIpc) is 3.36. The van der Waals surface area contributed by atoms with Gasteiger partial charge in [-0.3, -0.25) is 24.6 Å². The Morgan fingerprint density at radius 1 is 1.15 bits per heavy atom. The number of hydrogen-bond acceptors (Lipinski definition) is 8. The molecule has 0 bridgehead atoms. The topological polar surface area (TPSA) is 119 Å². The number of carbonyl (C=O) groups is 1. The third-order valence-corrected chi connectivity index (χ3v) is 6.36. The van der Waals surface area contributed by atoms with Crippen LogP contribution in [0.4, 0.5) is 10.8 Å². The Hall–Kier alpha value is -3.92. The van der Waals surface area contributed by atoms with Gasteiger partial charge < -0.3 is 4.42 Å². The van der Waals surface area contributed by atoms with E-state index < -0.39 is 16.9 Å². The molecule has 166 valence electrons. The monoisotopic (exact) mass is 462 g/mol. The molecule has 0 N–H and O–H groups in total. The van der Waals surface area contributed by atoms with Crippen LogP contribution in [0.25, 0.3) is 11.0 Å². The van der Waals surface area contributed by atoms with Crippen molar-refractivity contribution in [2.45, 2.75) is 26.3 Å². The molecule has 3 heterocycles. The molecule has 1 aliphatic heterocycles. The SMILES string of the molecule is CC(C)Cc1nnc(N2C(=O)c3oc4ccccc4c(=O)c3[C@@H]2c2cccc([N+](=O)[O-])c2)s1. The molecular weight excluding hydrogens is 444 g/mol. The van der Waals surface area contributed by atoms with Gasteiger partial charge in [-0.1, -0.05) is 49.4 Å². The fourth-order valence-electron chi connectivity index (χ4n) is 4.01. The van der Waals surface area contributed by atoms with Crippen molar-refractivity contribution in [1.82, 2.24) is 10.2 Å². The second-order valence-electron chi connectivity index (χ2n) is 8.18. The van der Waals surface area contributed by atoms with Gasteiger partial charge in [0, 0.05) is 18.6 Å². The number of amides is 1. The molecule has 5 rings (SSSR count). The van der Waals surface area contributed by atoms with Crippen LogP contribution in [0.15, 0.2) is 57.7 Å². The van der Waals surface area contributed by atoms with Crippen molar-refractivity contribution in [3.8, 4) is 0 Å². The van der Waals surface area contributed by atoms with Gasteiger partial charge in [0.05, 0.1) is 21.9 Å². The summed E-state index contributed by atoms with van der Waals surface area (Å²) < 4.78 is 5.88. The molecule has 1 atom stereocenters. The molecule has 0 fully saturated rings. The highest BCUT2D eigenvalue weighted by Gasteiger charge is 2.45. The Labute approximate surface area is 191 Å². The van der Waals surface area contributed by atoms with Crippen molar-refractivity contribution >= 4 is 39.0 Å². The Morgan fingerprint density at radius 3 is 2.70 bits per heavy atom. The second-order valence-corrected chi connectivity index (χ2v) is 9.22. The van der Waals surface area contributed by atoms with Gasteiger partial charge >= 0.3 is 0 Å². The number of nitro benzene ring substituents is 1. The number of nitrogens with zero attached hydrogens (tertiary/aromatic N) is 4. The fourth-order valence-corrected chi connectivity index (χ4v) is 5.09. The number of anilines is 1. The first kappa shape index (κ1) is 21.0. The van der Waals surface area contributed by atoms with Gasteiger partial charge in [0.1, 0.15) is 10.6 Å². The maximum absolute atomic E-state index is 13.5. The van der Waals surface area contributed by atoms with Gasteiger partial charge in [0.25, 0.3) is 11.6 Å².